The van der Waals surface area contributed by atoms with Gasteiger partial charge in [-0.15, -0.1) is 0 Å². The zero-order valence-corrected chi connectivity index (χ0v) is 4.66. The van der Waals surface area contributed by atoms with E-state index in [4.69, 9.17) is 10.5 Å². The number of hydrogen-bond acceptors (Lipinski definition) is 1. The zero-order chi connectivity index (χ0) is 4.28. The van der Waals surface area contributed by atoms with Crippen LogP contribution in [0.5, 0.6) is 0 Å². The van der Waals surface area contributed by atoms with Crippen LogP contribution in [0, 0.1) is 0 Å². The fourth-order valence-electron chi connectivity index (χ4n) is 0. The Labute approximate surface area is 47.5 Å². The smallest absolute Gasteiger partial charge is 0.0426 e. The first-order chi connectivity index (χ1) is 2.27. The van der Waals surface area contributed by atoms with Gasteiger partial charge in [-0.1, -0.05) is 6.92 Å². The molecular weight excluding hydrogens is 121 g/mol. The van der Waals surface area contributed by atoms with E-state index in [1.807, 2.05) is 0 Å². The van der Waals surface area contributed by atoms with Gasteiger partial charge in [-0.3, -0.25) is 0 Å². The molecule has 0 aliphatic rings. The maximum Gasteiger partial charge on any atom is 0.0426 e. The average Bonchev–Trinajstić information content (AvgIpc) is 1.38. The molecule has 0 aliphatic carbocycles. The Morgan fingerprint density at radius 1 is 1.83 bits per heavy atom. The van der Waals surface area contributed by atoms with Gasteiger partial charge in [0, 0.05) is 23.7 Å². The Hall–Kier alpha value is 0.149. The first kappa shape index (κ1) is 9.47. The van der Waals surface area contributed by atoms with Gasteiger partial charge >= 0.3 is 0 Å². The molecule has 0 saturated heterocycles. The van der Waals surface area contributed by atoms with Crippen molar-refractivity contribution < 1.29 is 22.2 Å². The Morgan fingerprint density at radius 2 is 2.00 bits per heavy atom. The predicted octanol–water partition coefficient (Wildman–Crippen LogP) is 0.00650. The van der Waals surface area contributed by atoms with Crippen LogP contribution in [0.3, 0.4) is 0 Å². The van der Waals surface area contributed by atoms with Crippen LogP contribution in [0.2, 0.25) is 0 Å². The number of aliphatic hydroxyl groups is 1. The molecule has 0 aliphatic heterocycles. The molecule has 0 spiro atoms. The maximum atomic E-state index is 8.03. The second kappa shape index (κ2) is 5.15. The predicted molar refractivity (Wildman–Crippen MR) is 21.1 cm³/mol. The minimum absolute atomic E-state index is 0. The van der Waals surface area contributed by atoms with Crippen molar-refractivity contribution in [1.82, 2.24) is 0 Å². The summed E-state index contributed by atoms with van der Waals surface area (Å²) in [7, 11) is 0. The summed E-state index contributed by atoms with van der Waals surface area (Å²) in [6.45, 7) is 1.22. The summed E-state index contributed by atoms with van der Waals surface area (Å²) < 4.78 is 0. The molecule has 0 aromatic carbocycles. The van der Waals surface area contributed by atoms with E-state index >= 15 is 0 Å². The SMILES string of the molecule is CC(=[N-])CO.[Mn]. The van der Waals surface area contributed by atoms with Gasteiger partial charge < -0.3 is 10.5 Å². The first-order valence-electron chi connectivity index (χ1n) is 1.39. The molecule has 0 amide bonds. The van der Waals surface area contributed by atoms with Crippen molar-refractivity contribution in [2.45, 2.75) is 6.92 Å². The Morgan fingerprint density at radius 3 is 2.00 bits per heavy atom. The van der Waals surface area contributed by atoms with Crippen LogP contribution in [0.15, 0.2) is 0 Å². The van der Waals surface area contributed by atoms with Crippen molar-refractivity contribution in [1.29, 1.82) is 0 Å². The summed E-state index contributed by atoms with van der Waals surface area (Å²) in [4.78, 5) is 0. The maximum absolute atomic E-state index is 8.03. The van der Waals surface area contributed by atoms with E-state index in [-0.39, 0.29) is 29.4 Å². The van der Waals surface area contributed by atoms with E-state index < -0.39 is 0 Å². The summed E-state index contributed by atoms with van der Waals surface area (Å²) in [5.74, 6) is 0. The van der Waals surface area contributed by atoms with Crippen molar-refractivity contribution in [2.75, 3.05) is 6.61 Å². The molecule has 2 nitrogen and oxygen atoms in total. The number of rotatable bonds is 1. The van der Waals surface area contributed by atoms with Crippen molar-refractivity contribution in [3.8, 4) is 0 Å². The largest absolute Gasteiger partial charge is 0.810 e. The van der Waals surface area contributed by atoms with Gasteiger partial charge in [-0.05, 0) is 0 Å². The molecule has 0 bridgehead atoms. The van der Waals surface area contributed by atoms with E-state index in [9.17, 15) is 0 Å². The Balaban J connectivity index is 0. The zero-order valence-electron chi connectivity index (χ0n) is 3.48. The summed E-state index contributed by atoms with van der Waals surface area (Å²) in [5.41, 5.74) is 0.0602. The van der Waals surface area contributed by atoms with Gasteiger partial charge in [0.25, 0.3) is 0 Å². The van der Waals surface area contributed by atoms with Crippen molar-refractivity contribution in [3.05, 3.63) is 5.41 Å². The molecule has 0 aromatic rings. The van der Waals surface area contributed by atoms with Crippen LogP contribution >= 0.6 is 0 Å². The molecule has 3 heteroatoms. The van der Waals surface area contributed by atoms with Gasteiger partial charge in [-0.25, -0.2) is 0 Å². The van der Waals surface area contributed by atoms with Crippen LogP contribution in [-0.4, -0.2) is 17.4 Å². The monoisotopic (exact) mass is 127 g/mol. The minimum Gasteiger partial charge on any atom is -0.810 e. The first-order valence-corrected chi connectivity index (χ1v) is 1.39. The molecule has 1 N–H and O–H groups in total. The van der Waals surface area contributed by atoms with Crippen LogP contribution in [0.4, 0.5) is 0 Å². The number of nitrogens with zero attached hydrogens (tertiary/aromatic N) is 1. The van der Waals surface area contributed by atoms with Crippen LogP contribution in [0.1, 0.15) is 6.92 Å². The molecule has 0 fully saturated rings. The van der Waals surface area contributed by atoms with Crippen LogP contribution in [0.25, 0.3) is 5.41 Å². The fraction of sp³-hybridized carbons (Fsp3) is 0.667. The minimum atomic E-state index is -0.222. The van der Waals surface area contributed by atoms with E-state index in [0.717, 1.165) is 0 Å². The Kier molecular flexibility index (Phi) is 8.13. The van der Waals surface area contributed by atoms with Crippen molar-refractivity contribution in [3.63, 3.8) is 0 Å². The topological polar surface area (TPSA) is 42.5 Å². The molecule has 0 heterocycles. The van der Waals surface area contributed by atoms with Crippen molar-refractivity contribution >= 4 is 5.71 Å². The van der Waals surface area contributed by atoms with E-state index in [0.29, 0.717) is 0 Å². The third kappa shape index (κ3) is 8.91. The van der Waals surface area contributed by atoms with Gasteiger partial charge in [0.05, 0.1) is 0 Å². The standard InChI is InChI=1S/C3H6NO.Mn/c1-3(4)2-5;/h5H,2H2,1H3;/q-1;. The van der Waals surface area contributed by atoms with Gasteiger partial charge in [0.15, 0.2) is 0 Å². The van der Waals surface area contributed by atoms with E-state index in [1.54, 1.807) is 0 Å². The quantitative estimate of drug-likeness (QED) is 0.391. The van der Waals surface area contributed by atoms with Crippen molar-refractivity contribution in [2.24, 2.45) is 0 Å². The summed E-state index contributed by atoms with van der Waals surface area (Å²) >= 11 is 0. The molecule has 0 aromatic heterocycles. The molecule has 1 radical (unpaired) electrons. The summed E-state index contributed by atoms with van der Waals surface area (Å²) in [6.07, 6.45) is 0. The third-order valence-corrected chi connectivity index (χ3v) is 0.229. The molecular formula is C3H6MnNO-. The molecule has 6 heavy (non-hydrogen) atoms. The average molecular weight is 127 g/mol. The van der Waals surface area contributed by atoms with Crippen LogP contribution < -0.4 is 0 Å². The molecule has 0 atom stereocenters. The summed E-state index contributed by atoms with van der Waals surface area (Å²) in [6, 6.07) is 0. The third-order valence-electron chi connectivity index (χ3n) is 0.229. The van der Waals surface area contributed by atoms with Crippen LogP contribution in [-0.2, 0) is 17.1 Å². The second-order valence-corrected chi connectivity index (χ2v) is 0.893. The number of hydrogen-bond donors (Lipinski definition) is 1. The molecule has 37 valence electrons. The number of aliphatic hydroxyl groups excluding tert-OH is 1. The fourth-order valence-corrected chi connectivity index (χ4v) is 0. The normalized spacial score (nSPS) is 6.33. The molecule has 0 unspecified atom stereocenters. The van der Waals surface area contributed by atoms with Gasteiger partial charge in [0.1, 0.15) is 0 Å². The van der Waals surface area contributed by atoms with E-state index in [1.165, 1.54) is 6.92 Å². The molecule has 0 saturated carbocycles. The summed E-state index contributed by atoms with van der Waals surface area (Å²) in [5, 5.41) is 15.9. The van der Waals surface area contributed by atoms with Gasteiger partial charge in [-0.2, -0.15) is 5.71 Å². The second-order valence-electron chi connectivity index (χ2n) is 0.893. The Bertz CT molecular complexity index is 46.1. The molecule has 0 rings (SSSR count). The van der Waals surface area contributed by atoms with E-state index in [2.05, 4.69) is 0 Å². The van der Waals surface area contributed by atoms with Gasteiger partial charge in [0.2, 0.25) is 0 Å².